The summed E-state index contributed by atoms with van der Waals surface area (Å²) in [5.74, 6) is 0. The average Bonchev–Trinajstić information content (AvgIpc) is 1.93. The zero-order valence-corrected chi connectivity index (χ0v) is 7.09. The smallest absolute Gasteiger partial charge is 0.00510 e. The summed E-state index contributed by atoms with van der Waals surface area (Å²) in [6.07, 6.45) is 0.948. The SMILES string of the molecule is Cc1[c]cccc1CC(C)N. The first-order chi connectivity index (χ1) is 5.20. The second-order valence-corrected chi connectivity index (χ2v) is 3.00. The van der Waals surface area contributed by atoms with E-state index in [1.54, 1.807) is 0 Å². The molecule has 0 saturated heterocycles. The van der Waals surface area contributed by atoms with Crippen molar-refractivity contribution in [2.24, 2.45) is 5.73 Å². The molecule has 0 aliphatic heterocycles. The molecule has 11 heavy (non-hydrogen) atoms. The lowest BCUT2D eigenvalue weighted by molar-refractivity contribution is 0.735. The van der Waals surface area contributed by atoms with E-state index < -0.39 is 0 Å². The number of hydrogen-bond donors (Lipinski definition) is 1. The highest BCUT2D eigenvalue weighted by atomic mass is 14.6. The van der Waals surface area contributed by atoms with E-state index in [0.717, 1.165) is 6.42 Å². The van der Waals surface area contributed by atoms with Crippen molar-refractivity contribution in [2.45, 2.75) is 26.3 Å². The molecule has 1 rings (SSSR count). The van der Waals surface area contributed by atoms with Crippen molar-refractivity contribution in [2.75, 3.05) is 0 Å². The fourth-order valence-corrected chi connectivity index (χ4v) is 1.12. The van der Waals surface area contributed by atoms with Gasteiger partial charge in [0.05, 0.1) is 0 Å². The standard InChI is InChI=1S/C10H14N/c1-8-5-3-4-6-10(8)7-9(2)11/h3-4,6,9H,7,11H2,1-2H3. The van der Waals surface area contributed by atoms with E-state index in [1.807, 2.05) is 19.1 Å². The first-order valence-electron chi connectivity index (χ1n) is 3.92. The van der Waals surface area contributed by atoms with E-state index in [2.05, 4.69) is 19.1 Å². The minimum atomic E-state index is 0.240. The highest BCUT2D eigenvalue weighted by molar-refractivity contribution is 5.24. The van der Waals surface area contributed by atoms with Gasteiger partial charge < -0.3 is 5.73 Å². The Morgan fingerprint density at radius 1 is 1.64 bits per heavy atom. The number of aryl methyl sites for hydroxylation is 1. The first kappa shape index (κ1) is 8.28. The van der Waals surface area contributed by atoms with Gasteiger partial charge in [0.1, 0.15) is 0 Å². The van der Waals surface area contributed by atoms with Crippen LogP contribution in [0, 0.1) is 13.0 Å². The molecule has 0 amide bonds. The second kappa shape index (κ2) is 3.54. The summed E-state index contributed by atoms with van der Waals surface area (Å²) in [5.41, 5.74) is 8.20. The Hall–Kier alpha value is -0.820. The van der Waals surface area contributed by atoms with Crippen LogP contribution in [-0.4, -0.2) is 6.04 Å². The van der Waals surface area contributed by atoms with Gasteiger partial charge in [0.25, 0.3) is 0 Å². The van der Waals surface area contributed by atoms with Crippen LogP contribution in [0.1, 0.15) is 18.1 Å². The quantitative estimate of drug-likeness (QED) is 0.678. The van der Waals surface area contributed by atoms with E-state index in [0.29, 0.717) is 0 Å². The first-order valence-corrected chi connectivity index (χ1v) is 3.92. The average molecular weight is 148 g/mol. The molecule has 59 valence electrons. The van der Waals surface area contributed by atoms with Crippen LogP contribution in [0.5, 0.6) is 0 Å². The van der Waals surface area contributed by atoms with Gasteiger partial charge in [0.2, 0.25) is 0 Å². The maximum absolute atomic E-state index is 5.68. The van der Waals surface area contributed by atoms with E-state index in [4.69, 9.17) is 5.73 Å². The zero-order valence-electron chi connectivity index (χ0n) is 7.09. The monoisotopic (exact) mass is 148 g/mol. The fraction of sp³-hybridized carbons (Fsp3) is 0.400. The lowest BCUT2D eigenvalue weighted by Gasteiger charge is -2.06. The summed E-state index contributed by atoms with van der Waals surface area (Å²) in [7, 11) is 0. The number of benzene rings is 1. The largest absolute Gasteiger partial charge is 0.328 e. The molecule has 0 aliphatic carbocycles. The topological polar surface area (TPSA) is 26.0 Å². The Labute approximate surface area is 68.2 Å². The Kier molecular flexibility index (Phi) is 2.66. The number of nitrogens with two attached hydrogens (primary N) is 1. The molecule has 0 saturated carbocycles. The minimum Gasteiger partial charge on any atom is -0.328 e. The molecule has 1 radical (unpaired) electrons. The molecule has 0 bridgehead atoms. The van der Waals surface area contributed by atoms with Gasteiger partial charge in [-0.3, -0.25) is 0 Å². The highest BCUT2D eigenvalue weighted by Crippen LogP contribution is 2.07. The van der Waals surface area contributed by atoms with Gasteiger partial charge >= 0.3 is 0 Å². The van der Waals surface area contributed by atoms with Crippen LogP contribution >= 0.6 is 0 Å². The molecule has 0 heterocycles. The van der Waals surface area contributed by atoms with Gasteiger partial charge in [0, 0.05) is 6.04 Å². The maximum Gasteiger partial charge on any atom is 0.00510 e. The normalized spacial score (nSPS) is 13.0. The summed E-state index contributed by atoms with van der Waals surface area (Å²) < 4.78 is 0. The summed E-state index contributed by atoms with van der Waals surface area (Å²) in [4.78, 5) is 0. The van der Waals surface area contributed by atoms with Crippen molar-refractivity contribution in [3.8, 4) is 0 Å². The molecule has 2 N–H and O–H groups in total. The lowest BCUT2D eigenvalue weighted by Crippen LogP contribution is -2.18. The highest BCUT2D eigenvalue weighted by Gasteiger charge is 1.99. The summed E-state index contributed by atoms with van der Waals surface area (Å²) in [6.45, 7) is 4.09. The maximum atomic E-state index is 5.68. The molecular formula is C10H14N. The van der Waals surface area contributed by atoms with Gasteiger partial charge in [-0.1, -0.05) is 18.2 Å². The van der Waals surface area contributed by atoms with Crippen molar-refractivity contribution in [1.29, 1.82) is 0 Å². The Morgan fingerprint density at radius 2 is 2.36 bits per heavy atom. The predicted molar refractivity (Wildman–Crippen MR) is 47.4 cm³/mol. The molecule has 1 unspecified atom stereocenters. The third kappa shape index (κ3) is 2.35. The third-order valence-corrected chi connectivity index (χ3v) is 1.72. The van der Waals surface area contributed by atoms with Gasteiger partial charge in [-0.2, -0.15) is 0 Å². The molecule has 1 aromatic rings. The fourth-order valence-electron chi connectivity index (χ4n) is 1.12. The number of rotatable bonds is 2. The Bertz CT molecular complexity index is 228. The van der Waals surface area contributed by atoms with Crippen LogP contribution < -0.4 is 5.73 Å². The van der Waals surface area contributed by atoms with Crippen LogP contribution in [-0.2, 0) is 6.42 Å². The third-order valence-electron chi connectivity index (χ3n) is 1.72. The molecule has 0 aliphatic rings. The summed E-state index contributed by atoms with van der Waals surface area (Å²) in [5, 5.41) is 0. The Balaban J connectivity index is 2.78. The molecule has 1 nitrogen and oxygen atoms in total. The molecule has 0 spiro atoms. The van der Waals surface area contributed by atoms with E-state index in [9.17, 15) is 0 Å². The molecule has 0 fully saturated rings. The van der Waals surface area contributed by atoms with Crippen LogP contribution in [0.2, 0.25) is 0 Å². The van der Waals surface area contributed by atoms with Crippen LogP contribution in [0.25, 0.3) is 0 Å². The van der Waals surface area contributed by atoms with Crippen molar-refractivity contribution in [3.05, 3.63) is 35.4 Å². The minimum absolute atomic E-state index is 0.240. The lowest BCUT2D eigenvalue weighted by atomic mass is 10.0. The van der Waals surface area contributed by atoms with E-state index >= 15 is 0 Å². The van der Waals surface area contributed by atoms with Gasteiger partial charge in [0.15, 0.2) is 0 Å². The zero-order chi connectivity index (χ0) is 8.27. The van der Waals surface area contributed by atoms with Crippen molar-refractivity contribution < 1.29 is 0 Å². The predicted octanol–water partition coefficient (Wildman–Crippen LogP) is 1.68. The van der Waals surface area contributed by atoms with Crippen LogP contribution in [0.15, 0.2) is 18.2 Å². The molecule has 0 aromatic heterocycles. The van der Waals surface area contributed by atoms with Crippen LogP contribution in [0.4, 0.5) is 0 Å². The molecule has 1 heteroatoms. The second-order valence-electron chi connectivity index (χ2n) is 3.00. The van der Waals surface area contributed by atoms with Gasteiger partial charge in [-0.25, -0.2) is 0 Å². The summed E-state index contributed by atoms with van der Waals surface area (Å²) in [6, 6.07) is 9.43. The Morgan fingerprint density at radius 3 is 2.91 bits per heavy atom. The molecular weight excluding hydrogens is 134 g/mol. The van der Waals surface area contributed by atoms with E-state index in [-0.39, 0.29) is 6.04 Å². The van der Waals surface area contributed by atoms with Crippen molar-refractivity contribution in [3.63, 3.8) is 0 Å². The molecule has 1 atom stereocenters. The van der Waals surface area contributed by atoms with Crippen molar-refractivity contribution >= 4 is 0 Å². The van der Waals surface area contributed by atoms with E-state index in [1.165, 1.54) is 11.1 Å². The van der Waals surface area contributed by atoms with Crippen molar-refractivity contribution in [1.82, 2.24) is 0 Å². The van der Waals surface area contributed by atoms with Crippen LogP contribution in [0.3, 0.4) is 0 Å². The summed E-state index contributed by atoms with van der Waals surface area (Å²) >= 11 is 0. The molecule has 1 aromatic carbocycles. The number of hydrogen-bond acceptors (Lipinski definition) is 1. The van der Waals surface area contributed by atoms with Gasteiger partial charge in [-0.05, 0) is 37.5 Å². The van der Waals surface area contributed by atoms with Gasteiger partial charge in [-0.15, -0.1) is 0 Å².